The Hall–Kier alpha value is -2.06. The number of hydrogen-bond acceptors (Lipinski definition) is 5. The molecule has 6 nitrogen and oxygen atoms in total. The maximum atomic E-state index is 13.3. The second-order valence-electron chi connectivity index (χ2n) is 8.48. The molecule has 30 heavy (non-hydrogen) atoms. The molecule has 2 amide bonds. The predicted molar refractivity (Wildman–Crippen MR) is 120 cm³/mol. The Labute approximate surface area is 183 Å². The Morgan fingerprint density at radius 1 is 1.30 bits per heavy atom. The largest absolute Gasteiger partial charge is 0.331 e. The standard InChI is InChI=1S/C22H27N3O3S2/c1-11(2)30(28)18-9-16(20-12(3)23-22(29-20)24-14(5)26)8-17-10-25(21(27)19(17)18)13(4)15-6-7-15/h8-9,11,13,15H,6-7,10H2,1-5H3,(H,23,24,26). The SMILES string of the molecule is CC(=O)Nc1nc(C)c(-c2cc3c(c(S(=O)C(C)C)c2)C(=O)N(C(C)C2CC2)C3)s1. The molecule has 1 N–H and O–H groups in total. The lowest BCUT2D eigenvalue weighted by Gasteiger charge is -2.24. The van der Waals surface area contributed by atoms with Gasteiger partial charge in [0.15, 0.2) is 5.13 Å². The van der Waals surface area contributed by atoms with Gasteiger partial charge in [-0.2, -0.15) is 0 Å². The molecule has 2 aromatic rings. The zero-order valence-electron chi connectivity index (χ0n) is 17.9. The van der Waals surface area contributed by atoms with Crippen LogP contribution in [0.4, 0.5) is 5.13 Å². The number of aromatic nitrogens is 1. The maximum absolute atomic E-state index is 13.3. The number of benzene rings is 1. The van der Waals surface area contributed by atoms with Crippen molar-refractivity contribution in [3.8, 4) is 10.4 Å². The van der Waals surface area contributed by atoms with Crippen molar-refractivity contribution in [2.75, 3.05) is 5.32 Å². The van der Waals surface area contributed by atoms with Gasteiger partial charge in [0, 0.05) is 24.8 Å². The van der Waals surface area contributed by atoms with Crippen molar-refractivity contribution in [3.05, 3.63) is 29.0 Å². The molecule has 2 unspecified atom stereocenters. The molecule has 4 rings (SSSR count). The van der Waals surface area contributed by atoms with Crippen LogP contribution in [-0.4, -0.2) is 37.2 Å². The Morgan fingerprint density at radius 3 is 2.60 bits per heavy atom. The molecule has 0 bridgehead atoms. The van der Waals surface area contributed by atoms with Crippen molar-refractivity contribution in [2.24, 2.45) is 5.92 Å². The van der Waals surface area contributed by atoms with Gasteiger partial charge in [-0.25, -0.2) is 4.98 Å². The minimum absolute atomic E-state index is 0.0000816. The zero-order chi connectivity index (χ0) is 21.7. The van der Waals surface area contributed by atoms with Gasteiger partial charge in [-0.15, -0.1) is 0 Å². The van der Waals surface area contributed by atoms with Crippen LogP contribution < -0.4 is 5.32 Å². The Balaban J connectivity index is 1.80. The maximum Gasteiger partial charge on any atom is 0.255 e. The molecule has 0 radical (unpaired) electrons. The van der Waals surface area contributed by atoms with Crippen molar-refractivity contribution in [1.29, 1.82) is 0 Å². The van der Waals surface area contributed by atoms with Crippen molar-refractivity contribution >= 4 is 39.1 Å². The number of amides is 2. The van der Waals surface area contributed by atoms with Gasteiger partial charge in [0.2, 0.25) is 5.91 Å². The van der Waals surface area contributed by atoms with Gasteiger partial charge in [0.1, 0.15) is 0 Å². The minimum Gasteiger partial charge on any atom is -0.331 e. The Kier molecular flexibility index (Phi) is 5.57. The third-order valence-corrected chi connectivity index (χ3v) is 8.52. The van der Waals surface area contributed by atoms with Crippen LogP contribution >= 0.6 is 11.3 Å². The number of aryl methyl sites for hydroxylation is 1. The fourth-order valence-corrected chi connectivity index (χ4v) is 6.18. The molecule has 160 valence electrons. The third kappa shape index (κ3) is 3.83. The van der Waals surface area contributed by atoms with E-state index in [9.17, 15) is 13.8 Å². The Bertz CT molecular complexity index is 1060. The Morgan fingerprint density at radius 2 is 2.00 bits per heavy atom. The van der Waals surface area contributed by atoms with Crippen LogP contribution in [-0.2, 0) is 22.1 Å². The van der Waals surface area contributed by atoms with Gasteiger partial charge in [-0.3, -0.25) is 13.8 Å². The first kappa shape index (κ1) is 21.2. The molecular weight excluding hydrogens is 418 g/mol. The first-order valence-corrected chi connectivity index (χ1v) is 12.3. The smallest absolute Gasteiger partial charge is 0.255 e. The average molecular weight is 446 g/mol. The molecule has 1 aromatic heterocycles. The summed E-state index contributed by atoms with van der Waals surface area (Å²) < 4.78 is 13.2. The summed E-state index contributed by atoms with van der Waals surface area (Å²) in [7, 11) is -1.29. The summed E-state index contributed by atoms with van der Waals surface area (Å²) in [5, 5.41) is 3.19. The molecular formula is C22H27N3O3S2. The highest BCUT2D eigenvalue weighted by atomic mass is 32.2. The fraction of sp³-hybridized carbons (Fsp3) is 0.500. The van der Waals surface area contributed by atoms with Gasteiger partial charge >= 0.3 is 0 Å². The minimum atomic E-state index is -1.29. The highest BCUT2D eigenvalue weighted by molar-refractivity contribution is 7.85. The van der Waals surface area contributed by atoms with E-state index >= 15 is 0 Å². The second-order valence-corrected chi connectivity index (χ2v) is 11.5. The molecule has 2 atom stereocenters. The second kappa shape index (κ2) is 7.89. The van der Waals surface area contributed by atoms with Crippen molar-refractivity contribution in [1.82, 2.24) is 9.88 Å². The molecule has 1 aliphatic carbocycles. The summed E-state index contributed by atoms with van der Waals surface area (Å²) in [4.78, 5) is 32.6. The van der Waals surface area contributed by atoms with E-state index in [4.69, 9.17) is 0 Å². The molecule has 8 heteroatoms. The molecule has 2 heterocycles. The normalized spacial score (nSPS) is 17.9. The van der Waals surface area contributed by atoms with Gasteiger partial charge < -0.3 is 10.2 Å². The van der Waals surface area contributed by atoms with Crippen LogP contribution in [0.5, 0.6) is 0 Å². The summed E-state index contributed by atoms with van der Waals surface area (Å²) in [6.07, 6.45) is 2.34. The lowest BCUT2D eigenvalue weighted by atomic mass is 10.0. The van der Waals surface area contributed by atoms with E-state index in [2.05, 4.69) is 17.2 Å². The molecule has 1 aromatic carbocycles. The average Bonchev–Trinajstić information content (AvgIpc) is 3.39. The van der Waals surface area contributed by atoms with Gasteiger partial charge in [0.05, 0.1) is 31.8 Å². The number of anilines is 1. The quantitative estimate of drug-likeness (QED) is 0.717. The molecule has 1 fully saturated rings. The topological polar surface area (TPSA) is 79.4 Å². The van der Waals surface area contributed by atoms with Crippen molar-refractivity contribution in [3.63, 3.8) is 0 Å². The summed E-state index contributed by atoms with van der Waals surface area (Å²) in [6, 6.07) is 4.12. The molecule has 1 aliphatic heterocycles. The third-order valence-electron chi connectivity index (χ3n) is 5.78. The van der Waals surface area contributed by atoms with Crippen molar-refractivity contribution in [2.45, 2.75) is 70.2 Å². The van der Waals surface area contributed by atoms with Crippen LogP contribution in [0.3, 0.4) is 0 Å². The zero-order valence-corrected chi connectivity index (χ0v) is 19.6. The summed E-state index contributed by atoms with van der Waals surface area (Å²) in [6.45, 7) is 9.85. The fourth-order valence-electron chi connectivity index (χ4n) is 4.01. The first-order valence-electron chi connectivity index (χ1n) is 10.3. The molecule has 2 aliphatic rings. The number of nitrogens with zero attached hydrogens (tertiary/aromatic N) is 2. The van der Waals surface area contributed by atoms with Gasteiger partial charge in [-0.1, -0.05) is 25.2 Å². The van der Waals surface area contributed by atoms with Crippen LogP contribution in [0.2, 0.25) is 0 Å². The number of rotatable bonds is 6. The van der Waals surface area contributed by atoms with Crippen LogP contribution in [0.1, 0.15) is 62.2 Å². The first-order chi connectivity index (χ1) is 14.2. The molecule has 1 saturated carbocycles. The molecule has 0 saturated heterocycles. The van der Waals surface area contributed by atoms with Crippen LogP contribution in [0.15, 0.2) is 17.0 Å². The van der Waals surface area contributed by atoms with E-state index in [-0.39, 0.29) is 23.1 Å². The van der Waals surface area contributed by atoms with E-state index in [1.807, 2.05) is 37.8 Å². The lowest BCUT2D eigenvalue weighted by molar-refractivity contribution is -0.114. The van der Waals surface area contributed by atoms with E-state index in [1.54, 1.807) is 0 Å². The van der Waals surface area contributed by atoms with Crippen LogP contribution in [0, 0.1) is 12.8 Å². The van der Waals surface area contributed by atoms with E-state index in [0.717, 1.165) is 21.7 Å². The number of hydrogen-bond donors (Lipinski definition) is 1. The lowest BCUT2D eigenvalue weighted by Crippen LogP contribution is -2.35. The number of nitrogens with one attached hydrogen (secondary N) is 1. The molecule has 0 spiro atoms. The summed E-state index contributed by atoms with van der Waals surface area (Å²) >= 11 is 1.40. The highest BCUT2D eigenvalue weighted by Crippen LogP contribution is 2.42. The predicted octanol–water partition coefficient (Wildman–Crippen LogP) is 4.35. The number of thiazole rings is 1. The van der Waals surface area contributed by atoms with E-state index in [0.29, 0.717) is 28.1 Å². The number of carbonyl (C=O) groups is 2. The highest BCUT2D eigenvalue weighted by Gasteiger charge is 2.40. The number of fused-ring (bicyclic) bond motifs is 1. The summed E-state index contributed by atoms with van der Waals surface area (Å²) in [5.41, 5.74) is 3.25. The monoisotopic (exact) mass is 445 g/mol. The van der Waals surface area contributed by atoms with Gasteiger partial charge in [0.25, 0.3) is 5.91 Å². The van der Waals surface area contributed by atoms with Crippen LogP contribution in [0.25, 0.3) is 10.4 Å². The van der Waals surface area contributed by atoms with E-state index in [1.165, 1.54) is 31.1 Å². The summed E-state index contributed by atoms with van der Waals surface area (Å²) in [5.74, 6) is 0.409. The van der Waals surface area contributed by atoms with E-state index < -0.39 is 10.8 Å². The number of carbonyl (C=O) groups excluding carboxylic acids is 2. The van der Waals surface area contributed by atoms with Crippen molar-refractivity contribution < 1.29 is 13.8 Å². The van der Waals surface area contributed by atoms with Gasteiger partial charge in [-0.05, 0) is 55.9 Å².